The van der Waals surface area contributed by atoms with E-state index in [0.29, 0.717) is 23.3 Å². The fourth-order valence-corrected chi connectivity index (χ4v) is 4.06. The predicted octanol–water partition coefficient (Wildman–Crippen LogP) is 4.17. The molecule has 0 radical (unpaired) electrons. The predicted molar refractivity (Wildman–Crippen MR) is 116 cm³/mol. The lowest BCUT2D eigenvalue weighted by Gasteiger charge is -2.21. The van der Waals surface area contributed by atoms with Crippen LogP contribution in [0.25, 0.3) is 21.3 Å². The highest BCUT2D eigenvalue weighted by molar-refractivity contribution is 7.17. The molecule has 5 nitrogen and oxygen atoms in total. The molecule has 0 spiro atoms. The average molecular weight is 396 g/mol. The number of aromatic nitrogens is 2. The van der Waals surface area contributed by atoms with Crippen LogP contribution in [0.5, 0.6) is 0 Å². The third-order valence-corrected chi connectivity index (χ3v) is 5.77. The van der Waals surface area contributed by atoms with Gasteiger partial charge in [-0.15, -0.1) is 11.3 Å². The Kier molecular flexibility index (Phi) is 5.79. The topological polar surface area (TPSA) is 55.2 Å². The molecule has 28 heavy (non-hydrogen) atoms. The number of fused-ring (bicyclic) bond motifs is 1. The van der Waals surface area contributed by atoms with E-state index >= 15 is 0 Å². The summed E-state index contributed by atoms with van der Waals surface area (Å²) in [7, 11) is 0. The summed E-state index contributed by atoms with van der Waals surface area (Å²) >= 11 is 1.45. The molecule has 0 saturated heterocycles. The SMILES string of the molecule is C=C(C)CN(CC)C(=O)Cn1cnc2scc(-c3ccc(C)c(C)c3)c2c1=O. The summed E-state index contributed by atoms with van der Waals surface area (Å²) < 4.78 is 1.41. The Bertz CT molecular complexity index is 1110. The number of amides is 1. The second kappa shape index (κ2) is 8.10. The highest BCUT2D eigenvalue weighted by atomic mass is 32.1. The molecule has 6 heteroatoms. The molecule has 2 heterocycles. The van der Waals surface area contributed by atoms with Crippen molar-refractivity contribution >= 4 is 27.5 Å². The van der Waals surface area contributed by atoms with Gasteiger partial charge in [-0.05, 0) is 44.4 Å². The Balaban J connectivity index is 2.01. The van der Waals surface area contributed by atoms with Crippen molar-refractivity contribution in [3.05, 3.63) is 63.5 Å². The van der Waals surface area contributed by atoms with Crippen molar-refractivity contribution in [1.29, 1.82) is 0 Å². The van der Waals surface area contributed by atoms with Crippen LogP contribution in [0.3, 0.4) is 0 Å². The standard InChI is InChI=1S/C22H25N3O2S/c1-6-24(10-14(2)3)19(26)11-25-13-23-21-20(22(25)27)18(12-28-21)17-8-7-15(4)16(5)9-17/h7-9,12-13H,2,6,10-11H2,1,3-5H3. The Morgan fingerprint density at radius 1 is 1.29 bits per heavy atom. The van der Waals surface area contributed by atoms with Gasteiger partial charge in [-0.3, -0.25) is 14.2 Å². The normalized spacial score (nSPS) is 11.0. The van der Waals surface area contributed by atoms with Gasteiger partial charge in [-0.1, -0.05) is 30.4 Å². The molecule has 146 valence electrons. The lowest BCUT2D eigenvalue weighted by atomic mass is 10.0. The quantitative estimate of drug-likeness (QED) is 0.589. The number of benzene rings is 1. The van der Waals surface area contributed by atoms with Crippen molar-refractivity contribution in [3.8, 4) is 11.1 Å². The second-order valence-electron chi connectivity index (χ2n) is 7.17. The molecular weight excluding hydrogens is 370 g/mol. The lowest BCUT2D eigenvalue weighted by Crippen LogP contribution is -2.37. The number of carbonyl (C=O) groups excluding carboxylic acids is 1. The van der Waals surface area contributed by atoms with Crippen molar-refractivity contribution in [2.75, 3.05) is 13.1 Å². The van der Waals surface area contributed by atoms with E-state index < -0.39 is 0 Å². The Morgan fingerprint density at radius 3 is 2.68 bits per heavy atom. The highest BCUT2D eigenvalue weighted by Gasteiger charge is 2.17. The first-order valence-corrected chi connectivity index (χ1v) is 10.2. The molecule has 0 unspecified atom stereocenters. The molecule has 0 fully saturated rings. The fraction of sp³-hybridized carbons (Fsp3) is 0.318. The van der Waals surface area contributed by atoms with Crippen molar-refractivity contribution in [1.82, 2.24) is 14.5 Å². The maximum Gasteiger partial charge on any atom is 0.263 e. The molecule has 0 aliphatic heterocycles. The number of hydrogen-bond donors (Lipinski definition) is 0. The van der Waals surface area contributed by atoms with Gasteiger partial charge < -0.3 is 4.90 Å². The first-order chi connectivity index (χ1) is 13.3. The van der Waals surface area contributed by atoms with Crippen molar-refractivity contribution < 1.29 is 4.79 Å². The summed E-state index contributed by atoms with van der Waals surface area (Å²) in [5.41, 5.74) is 4.98. The molecule has 0 saturated carbocycles. The Morgan fingerprint density at radius 2 is 2.04 bits per heavy atom. The van der Waals surface area contributed by atoms with Crippen molar-refractivity contribution in [2.45, 2.75) is 34.2 Å². The summed E-state index contributed by atoms with van der Waals surface area (Å²) in [4.78, 5) is 32.6. The molecule has 3 rings (SSSR count). The van der Waals surface area contributed by atoms with Gasteiger partial charge in [0.1, 0.15) is 11.4 Å². The van der Waals surface area contributed by atoms with Crippen LogP contribution in [0.1, 0.15) is 25.0 Å². The van der Waals surface area contributed by atoms with Crippen LogP contribution in [0.15, 0.2) is 46.9 Å². The van der Waals surface area contributed by atoms with E-state index in [1.807, 2.05) is 25.3 Å². The number of rotatable bonds is 6. The Labute approximate surface area is 169 Å². The smallest absolute Gasteiger partial charge is 0.263 e. The summed E-state index contributed by atoms with van der Waals surface area (Å²) in [5, 5.41) is 2.54. The third kappa shape index (κ3) is 3.92. The molecule has 3 aromatic rings. The maximum atomic E-state index is 13.1. The molecule has 1 amide bonds. The van der Waals surface area contributed by atoms with Crippen LogP contribution in [-0.4, -0.2) is 33.4 Å². The molecule has 0 N–H and O–H groups in total. The molecular formula is C22H25N3O2S. The number of aryl methyl sites for hydroxylation is 2. The van der Waals surface area contributed by atoms with Gasteiger partial charge in [0, 0.05) is 24.0 Å². The summed E-state index contributed by atoms with van der Waals surface area (Å²) in [6.45, 7) is 12.8. The largest absolute Gasteiger partial charge is 0.337 e. The number of nitrogens with zero attached hydrogens (tertiary/aromatic N) is 3. The summed E-state index contributed by atoms with van der Waals surface area (Å²) in [5.74, 6) is -0.114. The van der Waals surface area contributed by atoms with Gasteiger partial charge in [0.15, 0.2) is 0 Å². The van der Waals surface area contributed by atoms with Crippen LogP contribution in [-0.2, 0) is 11.3 Å². The first kappa shape index (κ1) is 20.0. The monoisotopic (exact) mass is 395 g/mol. The second-order valence-corrected chi connectivity index (χ2v) is 8.03. The highest BCUT2D eigenvalue weighted by Crippen LogP contribution is 2.31. The maximum absolute atomic E-state index is 13.1. The minimum absolute atomic E-state index is 0.0227. The van der Waals surface area contributed by atoms with Crippen LogP contribution in [0.4, 0.5) is 0 Å². The van der Waals surface area contributed by atoms with E-state index in [-0.39, 0.29) is 18.0 Å². The molecule has 0 bridgehead atoms. The molecule has 2 aromatic heterocycles. The minimum Gasteiger partial charge on any atom is -0.337 e. The van der Waals surface area contributed by atoms with Crippen molar-refractivity contribution in [2.24, 2.45) is 0 Å². The van der Waals surface area contributed by atoms with Gasteiger partial charge in [0.2, 0.25) is 5.91 Å². The number of carbonyl (C=O) groups is 1. The van der Waals surface area contributed by atoms with E-state index in [1.54, 1.807) is 4.90 Å². The molecule has 0 atom stereocenters. The number of hydrogen-bond acceptors (Lipinski definition) is 4. The van der Waals surface area contributed by atoms with Gasteiger partial charge in [-0.2, -0.15) is 0 Å². The minimum atomic E-state index is -0.181. The number of likely N-dealkylation sites (N-methyl/N-ethyl adjacent to an activating group) is 1. The molecule has 0 aliphatic carbocycles. The number of thiophene rings is 1. The summed E-state index contributed by atoms with van der Waals surface area (Å²) in [6.07, 6.45) is 1.47. The Hall–Kier alpha value is -2.73. The van der Waals surface area contributed by atoms with Crippen LogP contribution >= 0.6 is 11.3 Å². The fourth-order valence-electron chi connectivity index (χ4n) is 3.15. The average Bonchev–Trinajstić information content (AvgIpc) is 3.09. The van der Waals surface area contributed by atoms with Crippen LogP contribution in [0.2, 0.25) is 0 Å². The van der Waals surface area contributed by atoms with E-state index in [0.717, 1.165) is 16.7 Å². The van der Waals surface area contributed by atoms with E-state index in [2.05, 4.69) is 37.5 Å². The van der Waals surface area contributed by atoms with Crippen LogP contribution in [0, 0.1) is 13.8 Å². The van der Waals surface area contributed by atoms with E-state index in [1.165, 1.54) is 33.4 Å². The third-order valence-electron chi connectivity index (χ3n) is 4.88. The van der Waals surface area contributed by atoms with E-state index in [9.17, 15) is 9.59 Å². The van der Waals surface area contributed by atoms with Crippen molar-refractivity contribution in [3.63, 3.8) is 0 Å². The first-order valence-electron chi connectivity index (χ1n) is 9.28. The zero-order chi connectivity index (χ0) is 20.4. The molecule has 0 aliphatic rings. The zero-order valence-corrected chi connectivity index (χ0v) is 17.6. The van der Waals surface area contributed by atoms with Gasteiger partial charge in [0.05, 0.1) is 11.7 Å². The van der Waals surface area contributed by atoms with Crippen LogP contribution < -0.4 is 5.56 Å². The van der Waals surface area contributed by atoms with Gasteiger partial charge in [0.25, 0.3) is 5.56 Å². The zero-order valence-electron chi connectivity index (χ0n) is 16.8. The van der Waals surface area contributed by atoms with E-state index in [4.69, 9.17) is 0 Å². The van der Waals surface area contributed by atoms with Gasteiger partial charge >= 0.3 is 0 Å². The summed E-state index contributed by atoms with van der Waals surface area (Å²) in [6, 6.07) is 6.17. The molecule has 1 aromatic carbocycles. The van der Waals surface area contributed by atoms with Gasteiger partial charge in [-0.25, -0.2) is 4.98 Å². The lowest BCUT2D eigenvalue weighted by molar-refractivity contribution is -0.131.